The Morgan fingerprint density at radius 3 is 2.45 bits per heavy atom. The predicted molar refractivity (Wildman–Crippen MR) is 46.5 cm³/mol. The molecular formula is C7H14O3S. The fraction of sp³-hybridized carbons (Fsp3) is 0.857. The number of aliphatic hydroxyl groups is 1. The van der Waals surface area contributed by atoms with Gasteiger partial charge in [0.15, 0.2) is 0 Å². The fourth-order valence-electron chi connectivity index (χ4n) is 0.402. The van der Waals surface area contributed by atoms with E-state index in [1.807, 2.05) is 6.92 Å². The van der Waals surface area contributed by atoms with Gasteiger partial charge in [0.2, 0.25) is 0 Å². The molecule has 0 aliphatic carbocycles. The Morgan fingerprint density at radius 1 is 1.55 bits per heavy atom. The van der Waals surface area contributed by atoms with Crippen LogP contribution in [0.2, 0.25) is 0 Å². The monoisotopic (exact) mass is 178 g/mol. The van der Waals surface area contributed by atoms with Gasteiger partial charge in [-0.1, -0.05) is 0 Å². The molecule has 0 aromatic heterocycles. The molecule has 0 amide bonds. The summed E-state index contributed by atoms with van der Waals surface area (Å²) in [7, 11) is 0. The molecular weight excluding hydrogens is 164 g/mol. The predicted octanol–water partition coefficient (Wildman–Crippen LogP) is 1.09. The van der Waals surface area contributed by atoms with Crippen LogP contribution in [0.5, 0.6) is 0 Å². The molecule has 0 aliphatic heterocycles. The van der Waals surface area contributed by atoms with Gasteiger partial charge in [-0.15, -0.1) is 0 Å². The quantitative estimate of drug-likeness (QED) is 0.657. The average Bonchev–Trinajstić information content (AvgIpc) is 1.87. The second-order valence-electron chi connectivity index (χ2n) is 2.25. The van der Waals surface area contributed by atoms with Crippen molar-refractivity contribution in [3.8, 4) is 0 Å². The van der Waals surface area contributed by atoms with E-state index in [0.717, 1.165) is 0 Å². The highest BCUT2D eigenvalue weighted by Crippen LogP contribution is 1.99. The van der Waals surface area contributed by atoms with Gasteiger partial charge in [0.25, 0.3) is 0 Å². The van der Waals surface area contributed by atoms with Crippen LogP contribution in [0.3, 0.4) is 0 Å². The first-order valence-electron chi connectivity index (χ1n) is 3.59. The van der Waals surface area contributed by atoms with E-state index in [0.29, 0.717) is 6.61 Å². The van der Waals surface area contributed by atoms with Crippen molar-refractivity contribution in [3.05, 3.63) is 0 Å². The minimum atomic E-state index is -0.534. The molecule has 0 saturated carbocycles. The van der Waals surface area contributed by atoms with E-state index >= 15 is 0 Å². The lowest BCUT2D eigenvalue weighted by atomic mass is 10.3. The van der Waals surface area contributed by atoms with Crippen LogP contribution in [0.25, 0.3) is 0 Å². The van der Waals surface area contributed by atoms with Gasteiger partial charge in [-0.05, 0) is 20.8 Å². The van der Waals surface area contributed by atoms with Gasteiger partial charge in [-0.2, -0.15) is 0 Å². The zero-order chi connectivity index (χ0) is 8.85. The fourth-order valence-corrected chi connectivity index (χ4v) is 0.672. The van der Waals surface area contributed by atoms with Crippen molar-refractivity contribution in [1.82, 2.24) is 0 Å². The van der Waals surface area contributed by atoms with Crippen LogP contribution in [-0.2, 0) is 9.47 Å². The molecule has 4 heteroatoms. The first kappa shape index (κ1) is 10.7. The molecule has 3 nitrogen and oxygen atoms in total. The number of ether oxygens (including phenoxy) is 2. The van der Waals surface area contributed by atoms with Crippen LogP contribution in [0, 0.1) is 0 Å². The second kappa shape index (κ2) is 5.32. The number of aliphatic hydroxyl groups excluding tert-OH is 1. The smallest absolute Gasteiger partial charge is 0.352 e. The van der Waals surface area contributed by atoms with Crippen LogP contribution < -0.4 is 0 Å². The van der Waals surface area contributed by atoms with E-state index in [1.165, 1.54) is 0 Å². The Morgan fingerprint density at radius 2 is 2.09 bits per heavy atom. The van der Waals surface area contributed by atoms with Crippen LogP contribution in [0.1, 0.15) is 20.8 Å². The van der Waals surface area contributed by atoms with Crippen molar-refractivity contribution in [2.45, 2.75) is 33.0 Å². The minimum Gasteiger partial charge on any atom is -0.457 e. The summed E-state index contributed by atoms with van der Waals surface area (Å²) in [6, 6.07) is 0. The summed E-state index contributed by atoms with van der Waals surface area (Å²) in [6.45, 7) is 5.68. The van der Waals surface area contributed by atoms with Gasteiger partial charge < -0.3 is 14.6 Å². The lowest BCUT2D eigenvalue weighted by molar-refractivity contribution is 0.0313. The van der Waals surface area contributed by atoms with E-state index in [2.05, 4.69) is 0 Å². The van der Waals surface area contributed by atoms with E-state index < -0.39 is 6.10 Å². The molecule has 2 atom stereocenters. The minimum absolute atomic E-state index is 0.0981. The lowest BCUT2D eigenvalue weighted by Crippen LogP contribution is -2.26. The van der Waals surface area contributed by atoms with Gasteiger partial charge in [-0.25, -0.2) is 0 Å². The van der Waals surface area contributed by atoms with Crippen molar-refractivity contribution in [3.63, 3.8) is 0 Å². The van der Waals surface area contributed by atoms with Gasteiger partial charge in [-0.3, -0.25) is 0 Å². The van der Waals surface area contributed by atoms with Crippen LogP contribution in [0.4, 0.5) is 0 Å². The Bertz CT molecular complexity index is 125. The topological polar surface area (TPSA) is 38.7 Å². The molecule has 11 heavy (non-hydrogen) atoms. The van der Waals surface area contributed by atoms with Gasteiger partial charge in [0.05, 0.1) is 12.7 Å². The lowest BCUT2D eigenvalue weighted by Gasteiger charge is -2.16. The highest BCUT2D eigenvalue weighted by Gasteiger charge is 2.11. The zero-order valence-corrected chi connectivity index (χ0v) is 7.85. The Kier molecular flexibility index (Phi) is 5.15. The maximum absolute atomic E-state index is 9.00. The Hall–Kier alpha value is -0.350. The molecule has 1 unspecified atom stereocenters. The highest BCUT2D eigenvalue weighted by molar-refractivity contribution is 7.79. The normalized spacial score (nSPS) is 15.3. The molecule has 0 aromatic carbocycles. The first-order chi connectivity index (χ1) is 5.07. The van der Waals surface area contributed by atoms with Crippen molar-refractivity contribution in [1.29, 1.82) is 0 Å². The maximum atomic E-state index is 9.00. The van der Waals surface area contributed by atoms with Crippen molar-refractivity contribution >= 4 is 17.5 Å². The van der Waals surface area contributed by atoms with E-state index in [-0.39, 0.29) is 11.3 Å². The second-order valence-corrected chi connectivity index (χ2v) is 2.58. The molecule has 0 bridgehead atoms. The molecule has 0 spiro atoms. The third-order valence-corrected chi connectivity index (χ3v) is 1.44. The van der Waals surface area contributed by atoms with Crippen molar-refractivity contribution in [2.75, 3.05) is 6.61 Å². The summed E-state index contributed by atoms with van der Waals surface area (Å²) >= 11 is 4.69. The van der Waals surface area contributed by atoms with E-state index in [1.54, 1.807) is 13.8 Å². The van der Waals surface area contributed by atoms with E-state index in [9.17, 15) is 0 Å². The van der Waals surface area contributed by atoms with E-state index in [4.69, 9.17) is 26.8 Å². The van der Waals surface area contributed by atoms with Crippen LogP contribution in [-0.4, -0.2) is 29.2 Å². The summed E-state index contributed by atoms with van der Waals surface area (Å²) in [4.78, 5) is 0. The van der Waals surface area contributed by atoms with Crippen molar-refractivity contribution in [2.24, 2.45) is 0 Å². The summed E-state index contributed by atoms with van der Waals surface area (Å²) in [5.41, 5.74) is 0. The summed E-state index contributed by atoms with van der Waals surface area (Å²) < 4.78 is 9.87. The van der Waals surface area contributed by atoms with Gasteiger partial charge >= 0.3 is 5.24 Å². The third-order valence-electron chi connectivity index (χ3n) is 1.22. The molecule has 0 radical (unpaired) electrons. The molecule has 0 aliphatic rings. The first-order valence-corrected chi connectivity index (χ1v) is 4.00. The summed E-state index contributed by atoms with van der Waals surface area (Å²) in [5.74, 6) is 0. The van der Waals surface area contributed by atoms with Crippen molar-refractivity contribution < 1.29 is 14.6 Å². The largest absolute Gasteiger partial charge is 0.457 e. The number of rotatable bonds is 3. The molecule has 0 rings (SSSR count). The molecule has 0 aromatic rings. The molecule has 66 valence electrons. The molecule has 0 saturated heterocycles. The number of hydrogen-bond acceptors (Lipinski definition) is 4. The SMILES string of the molecule is CCOC(=S)OC(C)[C@H](C)O. The van der Waals surface area contributed by atoms with Gasteiger partial charge in [0, 0.05) is 12.2 Å². The number of thiocarbonyl (C=S) groups is 1. The zero-order valence-electron chi connectivity index (χ0n) is 7.03. The summed E-state index contributed by atoms with van der Waals surface area (Å²) in [6.07, 6.45) is -0.845. The molecule has 1 N–H and O–H groups in total. The summed E-state index contributed by atoms with van der Waals surface area (Å²) in [5, 5.41) is 9.10. The Balaban J connectivity index is 3.57. The highest BCUT2D eigenvalue weighted by atomic mass is 32.1. The maximum Gasteiger partial charge on any atom is 0.352 e. The standard InChI is InChI=1S/C7H14O3S/c1-4-9-7(11)10-6(3)5(2)8/h5-6,8H,4H2,1-3H3/t5-,6?/m0/s1. The van der Waals surface area contributed by atoms with Crippen LogP contribution >= 0.6 is 12.2 Å². The number of hydrogen-bond donors (Lipinski definition) is 1. The molecule has 0 heterocycles. The Labute approximate surface area is 72.3 Å². The third kappa shape index (κ3) is 4.98. The molecule has 0 fully saturated rings. The van der Waals surface area contributed by atoms with Crippen LogP contribution in [0.15, 0.2) is 0 Å². The average molecular weight is 178 g/mol. The van der Waals surface area contributed by atoms with Gasteiger partial charge in [0.1, 0.15) is 6.10 Å².